The van der Waals surface area contributed by atoms with Crippen LogP contribution in [0.1, 0.15) is 56.8 Å². The lowest BCUT2D eigenvalue weighted by molar-refractivity contribution is 0.0285. The van der Waals surface area contributed by atoms with Gasteiger partial charge in [0.1, 0.15) is 47.4 Å². The number of aromatic nitrogens is 4. The SMILES string of the molecule is CC(C)(O)COc1cc(-c2ccc(N3CCC(Oc4ccc(C5CC5)nc4)CC3)nc2)n2c(C#N)cnc2c1. The van der Waals surface area contributed by atoms with Crippen LogP contribution in [0.2, 0.25) is 0 Å². The topological polar surface area (TPSA) is 109 Å². The van der Waals surface area contributed by atoms with Gasteiger partial charge in [0, 0.05) is 61.4 Å². The standard InChI is InChI=1S/C30H32N6O3/c1-30(2,37)19-38-25-13-27(36-22(15-31)17-34-29(36)14-25)21-5-8-28(33-16-21)35-11-9-23(10-12-35)39-24-6-7-26(32-18-24)20-3-4-20/h5-8,13-14,16-18,20,23,37H,3-4,9-12,19H2,1-2H3. The molecule has 1 aliphatic heterocycles. The van der Waals surface area contributed by atoms with E-state index in [1.54, 1.807) is 30.5 Å². The maximum Gasteiger partial charge on any atom is 0.145 e. The molecule has 4 aromatic heterocycles. The van der Waals surface area contributed by atoms with Gasteiger partial charge in [-0.15, -0.1) is 0 Å². The van der Waals surface area contributed by atoms with E-state index in [-0.39, 0.29) is 12.7 Å². The average Bonchev–Trinajstić information content (AvgIpc) is 3.71. The number of piperidine rings is 1. The number of fused-ring (bicyclic) bond motifs is 1. The molecule has 1 saturated heterocycles. The van der Waals surface area contributed by atoms with Crippen LogP contribution < -0.4 is 14.4 Å². The first-order valence-corrected chi connectivity index (χ1v) is 13.5. The van der Waals surface area contributed by atoms with E-state index in [9.17, 15) is 10.4 Å². The Morgan fingerprint density at radius 3 is 2.44 bits per heavy atom. The van der Waals surface area contributed by atoms with Gasteiger partial charge >= 0.3 is 0 Å². The van der Waals surface area contributed by atoms with Gasteiger partial charge in [0.2, 0.25) is 0 Å². The van der Waals surface area contributed by atoms with E-state index in [1.807, 2.05) is 36.7 Å². The number of hydrogen-bond donors (Lipinski definition) is 1. The Morgan fingerprint density at radius 2 is 1.79 bits per heavy atom. The Kier molecular flexibility index (Phi) is 6.57. The van der Waals surface area contributed by atoms with Crippen LogP contribution >= 0.6 is 0 Å². The lowest BCUT2D eigenvalue weighted by Crippen LogP contribution is -2.38. The van der Waals surface area contributed by atoms with Crippen LogP contribution in [0.4, 0.5) is 5.82 Å². The van der Waals surface area contributed by atoms with E-state index in [2.05, 4.69) is 27.0 Å². The van der Waals surface area contributed by atoms with Crippen molar-refractivity contribution in [3.05, 3.63) is 66.4 Å². The molecule has 200 valence electrons. The predicted molar refractivity (Wildman–Crippen MR) is 147 cm³/mol. The third-order valence-electron chi connectivity index (χ3n) is 7.15. The first-order valence-electron chi connectivity index (χ1n) is 13.5. The van der Waals surface area contributed by atoms with E-state index in [4.69, 9.17) is 14.5 Å². The molecular formula is C30H32N6O3. The van der Waals surface area contributed by atoms with Crippen molar-refractivity contribution >= 4 is 11.5 Å². The molecule has 0 bridgehead atoms. The van der Waals surface area contributed by atoms with Gasteiger partial charge in [-0.1, -0.05) is 0 Å². The molecule has 0 unspecified atom stereocenters. The Labute approximate surface area is 227 Å². The largest absolute Gasteiger partial charge is 0.490 e. The highest BCUT2D eigenvalue weighted by atomic mass is 16.5. The van der Waals surface area contributed by atoms with Gasteiger partial charge in [-0.2, -0.15) is 5.26 Å². The number of pyridine rings is 3. The zero-order chi connectivity index (χ0) is 27.0. The highest BCUT2D eigenvalue weighted by Crippen LogP contribution is 2.39. The van der Waals surface area contributed by atoms with Gasteiger partial charge in [-0.3, -0.25) is 9.38 Å². The normalized spacial score (nSPS) is 16.3. The molecule has 2 fully saturated rings. The smallest absolute Gasteiger partial charge is 0.145 e. The highest BCUT2D eigenvalue weighted by Gasteiger charge is 2.25. The first kappa shape index (κ1) is 25.1. The van der Waals surface area contributed by atoms with E-state index in [0.717, 1.165) is 48.8 Å². The Bertz CT molecular complexity index is 1490. The van der Waals surface area contributed by atoms with Crippen LogP contribution in [-0.2, 0) is 0 Å². The van der Waals surface area contributed by atoms with Gasteiger partial charge in [0.15, 0.2) is 0 Å². The molecule has 0 amide bonds. The number of anilines is 1. The van der Waals surface area contributed by atoms with Gasteiger partial charge in [0.05, 0.1) is 23.7 Å². The summed E-state index contributed by atoms with van der Waals surface area (Å²) in [4.78, 5) is 16.0. The second-order valence-corrected chi connectivity index (χ2v) is 11.0. The number of imidazole rings is 1. The second kappa shape index (κ2) is 10.2. The molecule has 5 heterocycles. The molecule has 1 saturated carbocycles. The molecule has 1 N–H and O–H groups in total. The molecule has 0 atom stereocenters. The molecule has 0 radical (unpaired) electrons. The van der Waals surface area contributed by atoms with Crippen molar-refractivity contribution in [1.82, 2.24) is 19.4 Å². The Morgan fingerprint density at radius 1 is 0.974 bits per heavy atom. The van der Waals surface area contributed by atoms with Gasteiger partial charge in [-0.25, -0.2) is 9.97 Å². The highest BCUT2D eigenvalue weighted by molar-refractivity contribution is 5.68. The zero-order valence-electron chi connectivity index (χ0n) is 22.2. The Hall–Kier alpha value is -4.16. The van der Waals surface area contributed by atoms with Crippen molar-refractivity contribution in [3.8, 4) is 28.8 Å². The van der Waals surface area contributed by atoms with Gasteiger partial charge in [0.25, 0.3) is 0 Å². The average molecular weight is 525 g/mol. The van der Waals surface area contributed by atoms with Crippen molar-refractivity contribution in [2.45, 2.75) is 57.2 Å². The number of aliphatic hydroxyl groups is 1. The fraction of sp³-hybridized carbons (Fsp3) is 0.400. The second-order valence-electron chi connectivity index (χ2n) is 11.0. The molecule has 9 nitrogen and oxygen atoms in total. The predicted octanol–water partition coefficient (Wildman–Crippen LogP) is 4.74. The summed E-state index contributed by atoms with van der Waals surface area (Å²) in [5.41, 5.74) is 2.82. The van der Waals surface area contributed by atoms with Crippen molar-refractivity contribution in [2.75, 3.05) is 24.6 Å². The number of nitriles is 1. The molecule has 1 aliphatic carbocycles. The molecule has 9 heteroatoms. The van der Waals surface area contributed by atoms with Gasteiger partial charge in [-0.05, 0) is 51.0 Å². The maximum absolute atomic E-state index is 10.1. The summed E-state index contributed by atoms with van der Waals surface area (Å²) in [5.74, 6) is 2.97. The summed E-state index contributed by atoms with van der Waals surface area (Å²) >= 11 is 0. The lowest BCUT2D eigenvalue weighted by atomic mass is 10.1. The molecular weight excluding hydrogens is 492 g/mol. The molecule has 6 rings (SSSR count). The quantitative estimate of drug-likeness (QED) is 0.352. The molecule has 4 aromatic rings. The summed E-state index contributed by atoms with van der Waals surface area (Å²) in [6, 6.07) is 14.0. The van der Waals surface area contributed by atoms with Crippen molar-refractivity contribution in [3.63, 3.8) is 0 Å². The van der Waals surface area contributed by atoms with E-state index in [0.29, 0.717) is 23.0 Å². The summed E-state index contributed by atoms with van der Waals surface area (Å²) in [7, 11) is 0. The fourth-order valence-electron chi connectivity index (χ4n) is 4.93. The fourth-order valence-corrected chi connectivity index (χ4v) is 4.93. The number of rotatable bonds is 8. The monoisotopic (exact) mass is 524 g/mol. The van der Waals surface area contributed by atoms with E-state index in [1.165, 1.54) is 18.5 Å². The number of ether oxygens (including phenoxy) is 2. The first-order chi connectivity index (χ1) is 18.9. The van der Waals surface area contributed by atoms with Crippen LogP contribution in [0.25, 0.3) is 16.9 Å². The maximum atomic E-state index is 10.1. The van der Waals surface area contributed by atoms with Gasteiger partial charge < -0.3 is 19.5 Å². The summed E-state index contributed by atoms with van der Waals surface area (Å²) in [6.45, 7) is 5.23. The molecule has 2 aliphatic rings. The van der Waals surface area contributed by atoms with Crippen LogP contribution in [0.3, 0.4) is 0 Å². The molecule has 0 spiro atoms. The van der Waals surface area contributed by atoms with Crippen LogP contribution in [0.15, 0.2) is 55.0 Å². The molecule has 39 heavy (non-hydrogen) atoms. The Balaban J connectivity index is 1.14. The minimum absolute atomic E-state index is 0.133. The molecule has 0 aromatic carbocycles. The van der Waals surface area contributed by atoms with Crippen molar-refractivity contribution in [2.24, 2.45) is 0 Å². The third kappa shape index (κ3) is 5.66. The summed E-state index contributed by atoms with van der Waals surface area (Å²) in [6.07, 6.45) is 9.72. The zero-order valence-corrected chi connectivity index (χ0v) is 22.2. The van der Waals surface area contributed by atoms with E-state index >= 15 is 0 Å². The summed E-state index contributed by atoms with van der Waals surface area (Å²) in [5, 5.41) is 19.7. The van der Waals surface area contributed by atoms with Crippen molar-refractivity contribution < 1.29 is 14.6 Å². The number of nitrogens with zero attached hydrogens (tertiary/aromatic N) is 6. The minimum atomic E-state index is -0.973. The third-order valence-corrected chi connectivity index (χ3v) is 7.15. The van der Waals surface area contributed by atoms with Crippen LogP contribution in [0, 0.1) is 11.3 Å². The number of hydrogen-bond acceptors (Lipinski definition) is 8. The minimum Gasteiger partial charge on any atom is -0.490 e. The summed E-state index contributed by atoms with van der Waals surface area (Å²) < 4.78 is 13.8. The van der Waals surface area contributed by atoms with Crippen LogP contribution in [-0.4, -0.2) is 55.9 Å². The van der Waals surface area contributed by atoms with Crippen LogP contribution in [0.5, 0.6) is 11.5 Å². The lowest BCUT2D eigenvalue weighted by Gasteiger charge is -2.33. The van der Waals surface area contributed by atoms with Crippen molar-refractivity contribution in [1.29, 1.82) is 5.26 Å². The van der Waals surface area contributed by atoms with E-state index < -0.39 is 5.60 Å².